The van der Waals surface area contributed by atoms with Gasteiger partial charge in [0.15, 0.2) is 6.61 Å². The minimum absolute atomic E-state index is 0.157. The first-order valence-corrected chi connectivity index (χ1v) is 7.41. The van der Waals surface area contributed by atoms with Crippen LogP contribution in [0.2, 0.25) is 0 Å². The van der Waals surface area contributed by atoms with Crippen molar-refractivity contribution in [2.24, 2.45) is 5.16 Å². The number of rotatable bonds is 8. The van der Waals surface area contributed by atoms with Crippen LogP contribution < -0.4 is 14.8 Å². The summed E-state index contributed by atoms with van der Waals surface area (Å²) in [7, 11) is 3.15. The van der Waals surface area contributed by atoms with E-state index in [0.29, 0.717) is 23.6 Å². The fourth-order valence-electron chi connectivity index (χ4n) is 1.98. The molecule has 0 fully saturated rings. The van der Waals surface area contributed by atoms with Gasteiger partial charge in [-0.3, -0.25) is 4.79 Å². The number of nitrogens with one attached hydrogen (secondary N) is 1. The first kappa shape index (κ1) is 17.3. The van der Waals surface area contributed by atoms with Gasteiger partial charge in [-0.1, -0.05) is 35.5 Å². The van der Waals surface area contributed by atoms with Gasteiger partial charge in [0.2, 0.25) is 0 Å². The lowest BCUT2D eigenvalue weighted by molar-refractivity contribution is -0.125. The van der Waals surface area contributed by atoms with Crippen LogP contribution in [-0.2, 0) is 16.2 Å². The van der Waals surface area contributed by atoms with E-state index in [1.807, 2.05) is 30.3 Å². The number of hydrogen-bond acceptors (Lipinski definition) is 5. The Labute approximate surface area is 141 Å². The van der Waals surface area contributed by atoms with Crippen molar-refractivity contribution >= 4 is 12.1 Å². The van der Waals surface area contributed by atoms with E-state index in [1.54, 1.807) is 32.4 Å². The van der Waals surface area contributed by atoms with Crippen molar-refractivity contribution in [2.75, 3.05) is 20.8 Å². The molecule has 1 N–H and O–H groups in total. The molecule has 2 aromatic carbocycles. The van der Waals surface area contributed by atoms with Gasteiger partial charge in [0, 0.05) is 12.1 Å². The molecule has 0 aromatic heterocycles. The topological polar surface area (TPSA) is 69.1 Å². The maximum absolute atomic E-state index is 11.7. The molecule has 0 heterocycles. The van der Waals surface area contributed by atoms with Crippen LogP contribution in [0, 0.1) is 0 Å². The van der Waals surface area contributed by atoms with Crippen molar-refractivity contribution in [3.8, 4) is 11.5 Å². The highest BCUT2D eigenvalue weighted by Gasteiger charge is 2.04. The van der Waals surface area contributed by atoms with Crippen LogP contribution in [0.25, 0.3) is 0 Å². The first-order chi connectivity index (χ1) is 11.7. The minimum atomic E-state index is -0.242. The maximum atomic E-state index is 11.7. The van der Waals surface area contributed by atoms with Gasteiger partial charge in [0.25, 0.3) is 5.91 Å². The van der Waals surface area contributed by atoms with Crippen molar-refractivity contribution in [1.29, 1.82) is 0 Å². The van der Waals surface area contributed by atoms with Gasteiger partial charge in [-0.05, 0) is 23.8 Å². The van der Waals surface area contributed by atoms with Gasteiger partial charge < -0.3 is 19.6 Å². The van der Waals surface area contributed by atoms with Gasteiger partial charge in [-0.15, -0.1) is 0 Å². The van der Waals surface area contributed by atoms with Crippen LogP contribution in [0.15, 0.2) is 53.7 Å². The smallest absolute Gasteiger partial charge is 0.261 e. The molecule has 0 radical (unpaired) electrons. The zero-order chi connectivity index (χ0) is 17.2. The Morgan fingerprint density at radius 1 is 1.12 bits per heavy atom. The fraction of sp³-hybridized carbons (Fsp3) is 0.222. The number of oxime groups is 1. The molecular weight excluding hydrogens is 308 g/mol. The number of ether oxygens (including phenoxy) is 2. The second kappa shape index (κ2) is 9.19. The van der Waals surface area contributed by atoms with E-state index in [4.69, 9.17) is 14.3 Å². The van der Waals surface area contributed by atoms with Gasteiger partial charge >= 0.3 is 0 Å². The van der Waals surface area contributed by atoms with Crippen molar-refractivity contribution in [1.82, 2.24) is 5.32 Å². The van der Waals surface area contributed by atoms with E-state index >= 15 is 0 Å². The van der Waals surface area contributed by atoms with Crippen molar-refractivity contribution in [3.63, 3.8) is 0 Å². The molecule has 2 aromatic rings. The normalized spacial score (nSPS) is 10.4. The monoisotopic (exact) mass is 328 g/mol. The molecule has 0 atom stereocenters. The standard InChI is InChI=1S/C18H20N2O4/c1-22-16-8-9-17(23-2)15(10-16)12-20-24-13-18(21)19-11-14-6-4-3-5-7-14/h3-10,12H,11,13H2,1-2H3,(H,19,21)/b20-12+. The Kier molecular flexibility index (Phi) is 6.64. The van der Waals surface area contributed by atoms with Crippen molar-refractivity contribution in [3.05, 3.63) is 59.7 Å². The summed E-state index contributed by atoms with van der Waals surface area (Å²) in [6.45, 7) is 0.298. The number of carbonyl (C=O) groups excluding carboxylic acids is 1. The average molecular weight is 328 g/mol. The van der Waals surface area contributed by atoms with Crippen LogP contribution in [0.4, 0.5) is 0 Å². The highest BCUT2D eigenvalue weighted by Crippen LogP contribution is 2.22. The summed E-state index contributed by atoms with van der Waals surface area (Å²) in [6, 6.07) is 15.0. The van der Waals surface area contributed by atoms with Crippen molar-refractivity contribution < 1.29 is 19.1 Å². The largest absolute Gasteiger partial charge is 0.497 e. The molecule has 0 bridgehead atoms. The Bertz CT molecular complexity index is 687. The number of hydrogen-bond donors (Lipinski definition) is 1. The molecule has 0 aliphatic carbocycles. The molecule has 6 nitrogen and oxygen atoms in total. The Balaban J connectivity index is 1.80. The second-order valence-electron chi connectivity index (χ2n) is 4.88. The lowest BCUT2D eigenvalue weighted by Gasteiger charge is -2.07. The Morgan fingerprint density at radius 3 is 2.62 bits per heavy atom. The fourth-order valence-corrected chi connectivity index (χ4v) is 1.98. The molecule has 126 valence electrons. The molecule has 1 amide bonds. The average Bonchev–Trinajstić information content (AvgIpc) is 2.64. The SMILES string of the molecule is COc1ccc(OC)c(/C=N/OCC(=O)NCc2ccccc2)c1. The zero-order valence-corrected chi connectivity index (χ0v) is 13.7. The van der Waals surface area contributed by atoms with Crippen LogP contribution in [0.1, 0.15) is 11.1 Å². The first-order valence-electron chi connectivity index (χ1n) is 7.41. The number of carbonyl (C=O) groups is 1. The van der Waals surface area contributed by atoms with Crippen LogP contribution >= 0.6 is 0 Å². The summed E-state index contributed by atoms with van der Waals surface area (Å²) in [5.41, 5.74) is 1.72. The lowest BCUT2D eigenvalue weighted by Crippen LogP contribution is -2.26. The molecule has 0 unspecified atom stereocenters. The van der Waals surface area contributed by atoms with Gasteiger partial charge in [-0.2, -0.15) is 0 Å². The Hall–Kier alpha value is -3.02. The summed E-state index contributed by atoms with van der Waals surface area (Å²) >= 11 is 0. The predicted molar refractivity (Wildman–Crippen MR) is 91.4 cm³/mol. The summed E-state index contributed by atoms with van der Waals surface area (Å²) < 4.78 is 10.4. The summed E-state index contributed by atoms with van der Waals surface area (Å²) in [4.78, 5) is 16.7. The lowest BCUT2D eigenvalue weighted by atomic mass is 10.2. The summed E-state index contributed by atoms with van der Waals surface area (Å²) in [5.74, 6) is 1.07. The number of benzene rings is 2. The molecule has 0 spiro atoms. The highest BCUT2D eigenvalue weighted by molar-refractivity contribution is 5.84. The number of nitrogens with zero attached hydrogens (tertiary/aromatic N) is 1. The summed E-state index contributed by atoms with van der Waals surface area (Å²) in [5, 5.41) is 6.56. The third kappa shape index (κ3) is 5.31. The van der Waals surface area contributed by atoms with E-state index in [9.17, 15) is 4.79 Å². The second-order valence-corrected chi connectivity index (χ2v) is 4.88. The van der Waals surface area contributed by atoms with E-state index in [0.717, 1.165) is 5.56 Å². The molecule has 24 heavy (non-hydrogen) atoms. The Morgan fingerprint density at radius 2 is 1.92 bits per heavy atom. The molecule has 0 aliphatic heterocycles. The number of methoxy groups -OCH3 is 2. The third-order valence-electron chi connectivity index (χ3n) is 3.23. The molecule has 6 heteroatoms. The number of amides is 1. The minimum Gasteiger partial charge on any atom is -0.497 e. The quantitative estimate of drug-likeness (QED) is 0.597. The van der Waals surface area contributed by atoms with Crippen molar-refractivity contribution in [2.45, 2.75) is 6.54 Å². The maximum Gasteiger partial charge on any atom is 0.261 e. The predicted octanol–water partition coefficient (Wildman–Crippen LogP) is 2.37. The molecule has 0 aliphatic rings. The van der Waals surface area contributed by atoms with Gasteiger partial charge in [0.1, 0.15) is 11.5 Å². The van der Waals surface area contributed by atoms with Gasteiger partial charge in [-0.25, -0.2) is 0 Å². The third-order valence-corrected chi connectivity index (χ3v) is 3.23. The van der Waals surface area contributed by atoms with Gasteiger partial charge in [0.05, 0.1) is 20.4 Å². The van der Waals surface area contributed by atoms with E-state index in [1.165, 1.54) is 6.21 Å². The van der Waals surface area contributed by atoms with Crippen LogP contribution in [0.3, 0.4) is 0 Å². The zero-order valence-electron chi connectivity index (χ0n) is 13.7. The van der Waals surface area contributed by atoms with Crippen LogP contribution in [-0.4, -0.2) is 32.9 Å². The highest BCUT2D eigenvalue weighted by atomic mass is 16.6. The molecule has 2 rings (SSSR count). The van der Waals surface area contributed by atoms with E-state index < -0.39 is 0 Å². The molecule has 0 saturated carbocycles. The summed E-state index contributed by atoms with van der Waals surface area (Å²) in [6.07, 6.45) is 1.48. The van der Waals surface area contributed by atoms with Crippen LogP contribution in [0.5, 0.6) is 11.5 Å². The van der Waals surface area contributed by atoms with E-state index in [2.05, 4.69) is 10.5 Å². The molecule has 0 saturated heterocycles. The van der Waals surface area contributed by atoms with E-state index in [-0.39, 0.29) is 12.5 Å². The molecular formula is C18H20N2O4.